The summed E-state index contributed by atoms with van der Waals surface area (Å²) >= 11 is 0. The molecule has 2 fully saturated rings. The highest BCUT2D eigenvalue weighted by Crippen LogP contribution is 2.24. The van der Waals surface area contributed by atoms with Crippen molar-refractivity contribution in [1.29, 1.82) is 0 Å². The van der Waals surface area contributed by atoms with Crippen LogP contribution in [0.3, 0.4) is 0 Å². The summed E-state index contributed by atoms with van der Waals surface area (Å²) in [5.74, 6) is -1.39. The van der Waals surface area contributed by atoms with Crippen LogP contribution in [-0.4, -0.2) is 63.9 Å². The highest BCUT2D eigenvalue weighted by molar-refractivity contribution is 5.89. The number of aliphatic carboxylic acids is 1. The predicted octanol–water partition coefficient (Wildman–Crippen LogP) is 0.966. The lowest BCUT2D eigenvalue weighted by Crippen LogP contribution is -2.61. The van der Waals surface area contributed by atoms with E-state index in [-0.39, 0.29) is 5.91 Å². The molecule has 0 unspecified atom stereocenters. The minimum absolute atomic E-state index is 0.375. The molecule has 8 nitrogen and oxygen atoms in total. The van der Waals surface area contributed by atoms with Gasteiger partial charge in [0.2, 0.25) is 0 Å². The summed E-state index contributed by atoms with van der Waals surface area (Å²) in [6.07, 6.45) is 1.68. The maximum Gasteiger partial charge on any atom is 0.408 e. The highest BCUT2D eigenvalue weighted by Gasteiger charge is 2.42. The monoisotopic (exact) mass is 327 g/mol. The van der Waals surface area contributed by atoms with E-state index in [0.717, 1.165) is 6.42 Å². The molecule has 0 saturated carbocycles. The third kappa shape index (κ3) is 4.34. The molecule has 0 aromatic rings. The number of rotatable bonds is 2. The number of hydrogen-bond donors (Lipinski definition) is 2. The van der Waals surface area contributed by atoms with Gasteiger partial charge in [-0.1, -0.05) is 0 Å². The van der Waals surface area contributed by atoms with E-state index in [0.29, 0.717) is 32.4 Å². The summed E-state index contributed by atoms with van der Waals surface area (Å²) in [4.78, 5) is 36.1. The largest absolute Gasteiger partial charge is 0.480 e. The van der Waals surface area contributed by atoms with Crippen molar-refractivity contribution in [1.82, 2.24) is 15.3 Å². The van der Waals surface area contributed by atoms with Crippen LogP contribution in [0, 0.1) is 0 Å². The van der Waals surface area contributed by atoms with E-state index in [1.54, 1.807) is 25.8 Å². The van der Waals surface area contributed by atoms with Crippen LogP contribution in [0.5, 0.6) is 0 Å². The molecule has 0 aliphatic carbocycles. The van der Waals surface area contributed by atoms with Gasteiger partial charge in [0.05, 0.1) is 0 Å². The van der Waals surface area contributed by atoms with Gasteiger partial charge in [-0.15, -0.1) is 0 Å². The number of hydrazine groups is 1. The van der Waals surface area contributed by atoms with Crippen LogP contribution in [0.25, 0.3) is 0 Å². The number of amides is 2. The van der Waals surface area contributed by atoms with Crippen LogP contribution in [-0.2, 0) is 14.3 Å². The smallest absolute Gasteiger partial charge is 0.408 e. The van der Waals surface area contributed by atoms with E-state index in [1.807, 2.05) is 0 Å². The molecule has 2 rings (SSSR count). The van der Waals surface area contributed by atoms with Crippen molar-refractivity contribution in [2.24, 2.45) is 0 Å². The quantitative estimate of drug-likeness (QED) is 0.784. The van der Waals surface area contributed by atoms with Crippen LogP contribution >= 0.6 is 0 Å². The fourth-order valence-electron chi connectivity index (χ4n) is 2.98. The minimum atomic E-state index is -1.01. The minimum Gasteiger partial charge on any atom is -0.480 e. The molecular weight excluding hydrogens is 302 g/mol. The maximum atomic E-state index is 12.7. The Morgan fingerprint density at radius 2 is 1.83 bits per heavy atom. The number of carbonyl (C=O) groups excluding carboxylic acids is 2. The van der Waals surface area contributed by atoms with Crippen molar-refractivity contribution >= 4 is 18.0 Å². The number of ether oxygens (including phenoxy) is 1. The first-order valence-electron chi connectivity index (χ1n) is 7.99. The number of nitrogens with zero attached hydrogens (tertiary/aromatic N) is 2. The van der Waals surface area contributed by atoms with Crippen molar-refractivity contribution in [2.45, 2.75) is 64.1 Å². The molecule has 2 N–H and O–H groups in total. The Morgan fingerprint density at radius 1 is 1.22 bits per heavy atom. The van der Waals surface area contributed by atoms with Gasteiger partial charge in [0, 0.05) is 13.1 Å². The van der Waals surface area contributed by atoms with Gasteiger partial charge in [0.25, 0.3) is 5.91 Å². The molecule has 23 heavy (non-hydrogen) atoms. The molecule has 0 aromatic heterocycles. The van der Waals surface area contributed by atoms with E-state index in [2.05, 4.69) is 5.32 Å². The maximum absolute atomic E-state index is 12.7. The summed E-state index contributed by atoms with van der Waals surface area (Å²) in [6, 6.07) is -1.62. The van der Waals surface area contributed by atoms with E-state index in [4.69, 9.17) is 4.74 Å². The third-order valence-electron chi connectivity index (χ3n) is 3.90. The van der Waals surface area contributed by atoms with Gasteiger partial charge in [0.15, 0.2) is 0 Å². The Bertz CT molecular complexity index is 488. The van der Waals surface area contributed by atoms with Crippen molar-refractivity contribution < 1.29 is 24.2 Å². The second-order valence-electron chi connectivity index (χ2n) is 6.97. The molecule has 0 bridgehead atoms. The molecule has 2 saturated heterocycles. The first kappa shape index (κ1) is 17.5. The van der Waals surface area contributed by atoms with Crippen LogP contribution in [0.1, 0.15) is 46.5 Å². The first-order valence-corrected chi connectivity index (χ1v) is 7.99. The number of carbonyl (C=O) groups is 3. The molecule has 2 aliphatic heterocycles. The Kier molecular flexibility index (Phi) is 5.13. The number of fused-ring (bicyclic) bond motifs is 1. The number of carboxylic acids is 1. The van der Waals surface area contributed by atoms with Gasteiger partial charge in [-0.3, -0.25) is 9.80 Å². The standard InChI is InChI=1S/C15H25N3O5/c1-15(2,3)23-14(22)16-10-6-4-8-17-9-5-7-11(13(20)21)18(17)12(10)19/h10-11H,4-9H2,1-3H3,(H,16,22)(H,20,21)/t10-,11-/m0/s1. The number of carboxylic acid groups (broad SMARTS) is 1. The van der Waals surface area contributed by atoms with Crippen molar-refractivity contribution in [3.63, 3.8) is 0 Å². The van der Waals surface area contributed by atoms with Gasteiger partial charge in [-0.25, -0.2) is 14.6 Å². The van der Waals surface area contributed by atoms with Gasteiger partial charge < -0.3 is 15.2 Å². The average molecular weight is 327 g/mol. The average Bonchev–Trinajstić information content (AvgIpc) is 2.57. The first-order chi connectivity index (χ1) is 10.7. The fourth-order valence-corrected chi connectivity index (χ4v) is 2.98. The lowest BCUT2D eigenvalue weighted by atomic mass is 10.1. The molecule has 130 valence electrons. The molecule has 0 radical (unpaired) electrons. The topological polar surface area (TPSA) is 99.2 Å². The lowest BCUT2D eigenvalue weighted by Gasteiger charge is -2.42. The summed E-state index contributed by atoms with van der Waals surface area (Å²) in [5, 5.41) is 15.1. The van der Waals surface area contributed by atoms with E-state index in [9.17, 15) is 19.5 Å². The van der Waals surface area contributed by atoms with Gasteiger partial charge >= 0.3 is 12.1 Å². The molecule has 8 heteroatoms. The Labute approximate surface area is 135 Å². The summed E-state index contributed by atoms with van der Waals surface area (Å²) in [6.45, 7) is 6.51. The normalized spacial score (nSPS) is 26.2. The van der Waals surface area contributed by atoms with Crippen LogP contribution in [0.4, 0.5) is 4.79 Å². The zero-order valence-corrected chi connectivity index (χ0v) is 13.9. The Hall–Kier alpha value is -1.83. The van der Waals surface area contributed by atoms with Gasteiger partial charge in [-0.05, 0) is 46.5 Å². The fraction of sp³-hybridized carbons (Fsp3) is 0.800. The van der Waals surface area contributed by atoms with Gasteiger partial charge in [-0.2, -0.15) is 0 Å². The summed E-state index contributed by atoms with van der Waals surface area (Å²) < 4.78 is 5.19. The van der Waals surface area contributed by atoms with Crippen molar-refractivity contribution in [2.75, 3.05) is 13.1 Å². The Morgan fingerprint density at radius 3 is 2.39 bits per heavy atom. The van der Waals surface area contributed by atoms with Gasteiger partial charge in [0.1, 0.15) is 17.7 Å². The Balaban J connectivity index is 2.11. The second-order valence-corrected chi connectivity index (χ2v) is 6.97. The van der Waals surface area contributed by atoms with Crippen molar-refractivity contribution in [3.8, 4) is 0 Å². The third-order valence-corrected chi connectivity index (χ3v) is 3.90. The van der Waals surface area contributed by atoms with E-state index >= 15 is 0 Å². The number of hydrogen-bond acceptors (Lipinski definition) is 5. The molecular formula is C15H25N3O5. The molecule has 2 heterocycles. The van der Waals surface area contributed by atoms with Crippen LogP contribution in [0.15, 0.2) is 0 Å². The molecule has 0 aromatic carbocycles. The zero-order valence-electron chi connectivity index (χ0n) is 13.9. The number of alkyl carbamates (subject to hydrolysis) is 1. The molecule has 2 amide bonds. The van der Waals surface area contributed by atoms with E-state index in [1.165, 1.54) is 5.01 Å². The summed E-state index contributed by atoms with van der Waals surface area (Å²) in [7, 11) is 0. The predicted molar refractivity (Wildman–Crippen MR) is 81.5 cm³/mol. The number of nitrogens with one attached hydrogen (secondary N) is 1. The molecule has 2 aliphatic rings. The zero-order chi connectivity index (χ0) is 17.2. The van der Waals surface area contributed by atoms with Crippen LogP contribution < -0.4 is 5.32 Å². The lowest BCUT2D eigenvalue weighted by molar-refractivity contribution is -0.174. The second kappa shape index (κ2) is 6.74. The highest BCUT2D eigenvalue weighted by atomic mass is 16.6. The molecule has 2 atom stereocenters. The SMILES string of the molecule is CC(C)(C)OC(=O)N[C@H]1CCCN2CCC[C@@H](C(=O)O)N2C1=O. The van der Waals surface area contributed by atoms with E-state index < -0.39 is 29.7 Å². The van der Waals surface area contributed by atoms with Crippen molar-refractivity contribution in [3.05, 3.63) is 0 Å². The summed E-state index contributed by atoms with van der Waals surface area (Å²) in [5.41, 5.74) is -0.654. The van der Waals surface area contributed by atoms with Crippen LogP contribution in [0.2, 0.25) is 0 Å². The molecule has 0 spiro atoms.